The van der Waals surface area contributed by atoms with Gasteiger partial charge in [-0.05, 0) is 49.2 Å². The Morgan fingerprint density at radius 2 is 1.83 bits per heavy atom. The van der Waals surface area contributed by atoms with E-state index in [4.69, 9.17) is 11.6 Å². The van der Waals surface area contributed by atoms with E-state index in [2.05, 4.69) is 35.6 Å². The van der Waals surface area contributed by atoms with Crippen molar-refractivity contribution in [3.63, 3.8) is 0 Å². The van der Waals surface area contributed by atoms with Crippen LogP contribution >= 0.6 is 11.6 Å². The fourth-order valence-corrected chi connectivity index (χ4v) is 4.12. The zero-order valence-electron chi connectivity index (χ0n) is 22.5. The number of nitrogens with one attached hydrogen (secondary N) is 2. The van der Waals surface area contributed by atoms with Crippen LogP contribution in [0.5, 0.6) is 0 Å². The van der Waals surface area contributed by atoms with E-state index in [1.165, 1.54) is 31.4 Å². The number of carbonyl (C=O) groups excluding carboxylic acids is 3. The van der Waals surface area contributed by atoms with Crippen LogP contribution in [0.15, 0.2) is 42.9 Å². The highest BCUT2D eigenvalue weighted by Crippen LogP contribution is 2.27. The van der Waals surface area contributed by atoms with E-state index >= 15 is 0 Å². The molecule has 0 unspecified atom stereocenters. The number of hydrazine groups is 1. The molecule has 42 heavy (non-hydrogen) atoms. The number of carbonyl (C=O) groups is 3. The summed E-state index contributed by atoms with van der Waals surface area (Å²) in [4.78, 5) is 46.0. The topological polar surface area (TPSA) is 149 Å². The number of rotatable bonds is 6. The lowest BCUT2D eigenvalue weighted by Gasteiger charge is -2.19. The van der Waals surface area contributed by atoms with Crippen molar-refractivity contribution in [1.29, 1.82) is 0 Å². The zero-order valence-corrected chi connectivity index (χ0v) is 23.3. The molecule has 0 saturated carbocycles. The van der Waals surface area contributed by atoms with Gasteiger partial charge >= 0.3 is 12.3 Å². The van der Waals surface area contributed by atoms with E-state index in [1.807, 2.05) is 0 Å². The van der Waals surface area contributed by atoms with Crippen molar-refractivity contribution in [3.8, 4) is 5.82 Å². The number of benzene rings is 1. The molecule has 17 heteroatoms. The van der Waals surface area contributed by atoms with E-state index in [0.717, 1.165) is 27.8 Å². The molecule has 0 fully saturated rings. The van der Waals surface area contributed by atoms with Gasteiger partial charge in [0.2, 0.25) is 0 Å². The first-order chi connectivity index (χ1) is 19.8. The van der Waals surface area contributed by atoms with Crippen LogP contribution in [0.2, 0.25) is 5.02 Å². The smallest absolute Gasteiger partial charge is 0.452 e. The fourth-order valence-electron chi connectivity index (χ4n) is 3.92. The molecule has 1 aromatic carbocycles. The monoisotopic (exact) mass is 605 g/mol. The van der Waals surface area contributed by atoms with Gasteiger partial charge in [-0.2, -0.15) is 18.3 Å². The molecule has 0 aliphatic carbocycles. The number of nitrogens with zero attached hydrogens (tertiary/aromatic N) is 7. The van der Waals surface area contributed by atoms with Crippen molar-refractivity contribution in [1.82, 2.24) is 40.0 Å². The second-order valence-corrected chi connectivity index (χ2v) is 9.34. The Kier molecular flexibility index (Phi) is 8.46. The van der Waals surface area contributed by atoms with Crippen LogP contribution in [0.3, 0.4) is 0 Å². The van der Waals surface area contributed by atoms with E-state index in [9.17, 15) is 27.6 Å². The molecular formula is C25H23ClF3N9O4. The summed E-state index contributed by atoms with van der Waals surface area (Å²) in [6.07, 6.45) is -3.25. The molecule has 0 radical (unpaired) electrons. The Bertz CT molecular complexity index is 1670. The van der Waals surface area contributed by atoms with Crippen LogP contribution < -0.4 is 10.7 Å². The predicted molar refractivity (Wildman–Crippen MR) is 142 cm³/mol. The van der Waals surface area contributed by atoms with Crippen LogP contribution in [0.4, 0.5) is 23.7 Å². The number of aromatic nitrogens is 6. The van der Waals surface area contributed by atoms with Crippen molar-refractivity contribution in [2.75, 3.05) is 19.5 Å². The number of pyridine rings is 1. The molecule has 3 amide bonds. The Morgan fingerprint density at radius 3 is 2.48 bits per heavy atom. The third-order valence-corrected chi connectivity index (χ3v) is 6.02. The molecule has 4 aromatic rings. The normalized spacial score (nSPS) is 11.2. The van der Waals surface area contributed by atoms with E-state index < -0.39 is 29.9 Å². The van der Waals surface area contributed by atoms with Gasteiger partial charge in [-0.1, -0.05) is 17.7 Å². The minimum atomic E-state index is -4.74. The standard InChI is InChI=1S/C25H23ClF3N9O4/c1-13-8-14(2)19(16(9-13)21(39)34-36(3)24(41)42-4)32-22(40)18-10-15(11-37-12-31-23(35-37)25(27,28)29)33-38(18)20-17(26)6-5-7-30-20/h5-10,12H,11H2,1-4H3,(H,32,40)(H,34,39). The maximum atomic E-state index is 13.7. The van der Waals surface area contributed by atoms with E-state index in [1.54, 1.807) is 26.0 Å². The number of halogens is 4. The number of anilines is 1. The molecule has 0 aliphatic rings. The van der Waals surface area contributed by atoms with Gasteiger partial charge in [-0.15, -0.1) is 5.10 Å². The molecule has 2 N–H and O–H groups in total. The average Bonchev–Trinajstić information content (AvgIpc) is 3.57. The summed E-state index contributed by atoms with van der Waals surface area (Å²) in [5.41, 5.74) is 3.82. The lowest BCUT2D eigenvalue weighted by atomic mass is 10.0. The lowest BCUT2D eigenvalue weighted by Crippen LogP contribution is -2.43. The van der Waals surface area contributed by atoms with Crippen molar-refractivity contribution < 1.29 is 32.3 Å². The number of ether oxygens (including phenoxy) is 1. The molecule has 0 atom stereocenters. The first kappa shape index (κ1) is 30.0. The molecule has 220 valence electrons. The maximum absolute atomic E-state index is 13.7. The Balaban J connectivity index is 1.72. The quantitative estimate of drug-likeness (QED) is 0.315. The number of hydrogen-bond donors (Lipinski definition) is 2. The van der Waals surface area contributed by atoms with Crippen LogP contribution in [0, 0.1) is 13.8 Å². The van der Waals surface area contributed by atoms with Gasteiger partial charge in [0.05, 0.1) is 35.6 Å². The van der Waals surface area contributed by atoms with E-state index in [-0.39, 0.29) is 40.0 Å². The molecule has 0 aliphatic heterocycles. The van der Waals surface area contributed by atoms with Crippen LogP contribution in [0.1, 0.15) is 43.5 Å². The van der Waals surface area contributed by atoms with Crippen LogP contribution in [0.25, 0.3) is 5.82 Å². The minimum absolute atomic E-state index is 0.0426. The van der Waals surface area contributed by atoms with Gasteiger partial charge in [0.1, 0.15) is 12.0 Å². The van der Waals surface area contributed by atoms with Gasteiger partial charge in [-0.3, -0.25) is 15.0 Å². The van der Waals surface area contributed by atoms with Crippen LogP contribution in [-0.4, -0.2) is 66.6 Å². The third kappa shape index (κ3) is 6.49. The zero-order chi connectivity index (χ0) is 30.8. The molecular weight excluding hydrogens is 583 g/mol. The molecule has 0 saturated heterocycles. The third-order valence-electron chi connectivity index (χ3n) is 5.73. The number of methoxy groups -OCH3 is 1. The van der Waals surface area contributed by atoms with Gasteiger partial charge in [0.15, 0.2) is 5.82 Å². The molecule has 3 heterocycles. The Morgan fingerprint density at radius 1 is 1.10 bits per heavy atom. The van der Waals surface area contributed by atoms with Crippen molar-refractivity contribution in [2.45, 2.75) is 26.6 Å². The second kappa shape index (κ2) is 11.9. The SMILES string of the molecule is COC(=O)N(C)NC(=O)c1cc(C)cc(C)c1NC(=O)c1cc(Cn2cnc(C(F)(F)F)n2)nn1-c1ncccc1Cl. The van der Waals surface area contributed by atoms with Gasteiger partial charge < -0.3 is 10.1 Å². The molecule has 0 spiro atoms. The number of amides is 3. The predicted octanol–water partition coefficient (Wildman–Crippen LogP) is 3.79. The highest BCUT2D eigenvalue weighted by atomic mass is 35.5. The first-order valence-corrected chi connectivity index (χ1v) is 12.4. The van der Waals surface area contributed by atoms with Crippen molar-refractivity contribution in [2.24, 2.45) is 0 Å². The van der Waals surface area contributed by atoms with Crippen LogP contribution in [-0.2, 0) is 17.5 Å². The number of hydrogen-bond acceptors (Lipinski definition) is 8. The van der Waals surface area contributed by atoms with Crippen molar-refractivity contribution in [3.05, 3.63) is 81.8 Å². The summed E-state index contributed by atoms with van der Waals surface area (Å²) < 4.78 is 45.6. The fraction of sp³-hybridized carbons (Fsp3) is 0.240. The van der Waals surface area contributed by atoms with Gasteiger partial charge in [-0.25, -0.2) is 29.1 Å². The van der Waals surface area contributed by atoms with E-state index in [0.29, 0.717) is 11.1 Å². The number of aryl methyl sites for hydroxylation is 2. The second-order valence-electron chi connectivity index (χ2n) is 8.93. The summed E-state index contributed by atoms with van der Waals surface area (Å²) in [5, 5.41) is 11.4. The summed E-state index contributed by atoms with van der Waals surface area (Å²) in [6, 6.07) is 7.66. The highest BCUT2D eigenvalue weighted by Gasteiger charge is 2.36. The summed E-state index contributed by atoms with van der Waals surface area (Å²) in [7, 11) is 2.44. The average molecular weight is 606 g/mol. The highest BCUT2D eigenvalue weighted by molar-refractivity contribution is 6.32. The summed E-state index contributed by atoms with van der Waals surface area (Å²) >= 11 is 6.31. The number of alkyl halides is 3. The molecule has 13 nitrogen and oxygen atoms in total. The lowest BCUT2D eigenvalue weighted by molar-refractivity contribution is -0.145. The van der Waals surface area contributed by atoms with Gasteiger partial charge in [0, 0.05) is 13.2 Å². The van der Waals surface area contributed by atoms with Crippen molar-refractivity contribution >= 4 is 35.2 Å². The minimum Gasteiger partial charge on any atom is -0.452 e. The Labute approximate surface area is 241 Å². The maximum Gasteiger partial charge on any atom is 0.453 e. The van der Waals surface area contributed by atoms with Gasteiger partial charge in [0.25, 0.3) is 17.6 Å². The first-order valence-electron chi connectivity index (χ1n) is 12.0. The summed E-state index contributed by atoms with van der Waals surface area (Å²) in [5.74, 6) is -2.71. The largest absolute Gasteiger partial charge is 0.453 e. The summed E-state index contributed by atoms with van der Waals surface area (Å²) in [6.45, 7) is 3.15. The Hall–Kier alpha value is -4.99. The molecule has 4 rings (SSSR count). The molecule has 3 aromatic heterocycles. The molecule has 0 bridgehead atoms.